The number of aryl methyl sites for hydroxylation is 1. The van der Waals surface area contributed by atoms with E-state index in [1.165, 1.54) is 20.1 Å². The molecule has 0 aliphatic heterocycles. The predicted octanol–water partition coefficient (Wildman–Crippen LogP) is -0.333. The summed E-state index contributed by atoms with van der Waals surface area (Å²) in [4.78, 5) is 33.8. The number of ether oxygens (including phenoxy) is 1. The Morgan fingerprint density at radius 3 is 2.54 bits per heavy atom. The molecule has 2 N–H and O–H groups in total. The molecule has 2 rings (SSSR count). The van der Waals surface area contributed by atoms with Crippen LogP contribution in [-0.4, -0.2) is 42.5 Å². The molecule has 11 nitrogen and oxygen atoms in total. The van der Waals surface area contributed by atoms with Crippen LogP contribution in [0.3, 0.4) is 0 Å². The molecule has 13 heteroatoms. The number of amides is 2. The van der Waals surface area contributed by atoms with Crippen LogP contribution in [-0.2, 0) is 10.0 Å². The number of hydrogen-bond acceptors (Lipinski definition) is 9. The van der Waals surface area contributed by atoms with Crippen LogP contribution in [0.25, 0.3) is 0 Å². The van der Waals surface area contributed by atoms with Gasteiger partial charge >= 0.3 is 12.0 Å². The number of benzene rings is 1. The summed E-state index contributed by atoms with van der Waals surface area (Å²) in [6.07, 6.45) is 0. The predicted molar refractivity (Wildman–Crippen MR) is 93.9 cm³/mol. The van der Waals surface area contributed by atoms with E-state index in [2.05, 4.69) is 20.3 Å². The van der Waals surface area contributed by atoms with Gasteiger partial charge in [-0.25, -0.2) is 17.9 Å². The van der Waals surface area contributed by atoms with E-state index in [0.717, 1.165) is 12.1 Å². The number of methoxy groups -OCH3 is 1. The second kappa shape index (κ2) is 7.77. The zero-order valence-electron chi connectivity index (χ0n) is 13.3. The van der Waals surface area contributed by atoms with Gasteiger partial charge in [0.05, 0.1) is 18.0 Å². The second-order valence-electron chi connectivity index (χ2n) is 4.68. The van der Waals surface area contributed by atoms with Gasteiger partial charge < -0.3 is 14.6 Å². The van der Waals surface area contributed by atoms with Crippen molar-refractivity contribution in [3.05, 3.63) is 33.2 Å². The molecular weight excluding hydrogens is 481 g/mol. The molecule has 1 aromatic carbocycles. The van der Waals surface area contributed by atoms with Crippen molar-refractivity contribution in [1.82, 2.24) is 19.7 Å². The smallest absolute Gasteiger partial charge is 0.335 e. The van der Waals surface area contributed by atoms with Crippen molar-refractivity contribution >= 4 is 50.6 Å². The van der Waals surface area contributed by atoms with E-state index < -0.39 is 32.5 Å². The number of sulfonamides is 1. The van der Waals surface area contributed by atoms with Crippen LogP contribution in [0.1, 0.15) is 16.2 Å². The lowest BCUT2D eigenvalue weighted by Gasteiger charge is -2.13. The van der Waals surface area contributed by atoms with Crippen molar-refractivity contribution in [2.45, 2.75) is 11.8 Å². The Bertz CT molecular complexity index is 981. The largest absolute Gasteiger partial charge is 0.545 e. The minimum Gasteiger partial charge on any atom is -0.545 e. The molecule has 0 saturated heterocycles. The van der Waals surface area contributed by atoms with Crippen molar-refractivity contribution < 1.29 is 27.9 Å². The highest BCUT2D eigenvalue weighted by molar-refractivity contribution is 14.1. The van der Waals surface area contributed by atoms with Crippen LogP contribution >= 0.6 is 22.6 Å². The third-order valence-corrected chi connectivity index (χ3v) is 4.86. The van der Waals surface area contributed by atoms with Crippen LogP contribution in [0.4, 0.5) is 10.7 Å². The van der Waals surface area contributed by atoms with Crippen molar-refractivity contribution in [3.8, 4) is 6.01 Å². The molecule has 0 bridgehead atoms. The highest BCUT2D eigenvalue weighted by Gasteiger charge is 2.23. The quantitative estimate of drug-likeness (QED) is 0.532. The highest BCUT2D eigenvalue weighted by Crippen LogP contribution is 2.19. The van der Waals surface area contributed by atoms with Gasteiger partial charge in [-0.15, -0.1) is 0 Å². The number of nitrogens with zero attached hydrogens (tertiary/aromatic N) is 3. The fourth-order valence-corrected chi connectivity index (χ4v) is 3.63. The lowest BCUT2D eigenvalue weighted by atomic mass is 10.2. The Balaban J connectivity index is 2.27. The molecular formula is C13H11IN5O6S-. The molecule has 0 radical (unpaired) electrons. The van der Waals surface area contributed by atoms with Gasteiger partial charge in [-0.1, -0.05) is 6.07 Å². The first-order valence-electron chi connectivity index (χ1n) is 6.73. The number of nitrogens with one attached hydrogen (secondary N) is 2. The van der Waals surface area contributed by atoms with Crippen LogP contribution in [0.15, 0.2) is 23.1 Å². The summed E-state index contributed by atoms with van der Waals surface area (Å²) in [5.74, 6) is -1.71. The van der Waals surface area contributed by atoms with Crippen LogP contribution in [0.2, 0.25) is 0 Å². The standard InChI is InChI=1S/C13H12IN5O6S/c1-6-15-11(18-13(16-6)25-2)17-12(22)19-26(23,24)9-5-7(14)3-4-8(9)10(20)21/h3-5H,1-2H3,(H,20,21)(H2,15,16,17,18,19,22)/p-1. The number of anilines is 1. The average Bonchev–Trinajstić information content (AvgIpc) is 2.53. The van der Waals surface area contributed by atoms with Gasteiger partial charge in [-0.2, -0.15) is 15.0 Å². The molecule has 0 aliphatic rings. The number of urea groups is 1. The number of hydrogen-bond donors (Lipinski definition) is 2. The summed E-state index contributed by atoms with van der Waals surface area (Å²) < 4.78 is 31.7. The van der Waals surface area contributed by atoms with E-state index in [1.807, 2.05) is 0 Å². The summed E-state index contributed by atoms with van der Waals surface area (Å²) in [5, 5.41) is 13.2. The van der Waals surface area contributed by atoms with Gasteiger partial charge in [0.2, 0.25) is 5.95 Å². The number of aromatic nitrogens is 3. The van der Waals surface area contributed by atoms with Crippen LogP contribution < -0.4 is 19.9 Å². The van der Waals surface area contributed by atoms with Crippen molar-refractivity contribution in [2.24, 2.45) is 0 Å². The van der Waals surface area contributed by atoms with Crippen molar-refractivity contribution in [2.75, 3.05) is 12.4 Å². The SMILES string of the molecule is COc1nc(C)nc(NC(=O)NS(=O)(=O)c2cc(I)ccc2C(=O)[O-])n1. The number of rotatable bonds is 5. The summed E-state index contributed by atoms with van der Waals surface area (Å²) in [6.45, 7) is 1.52. The van der Waals surface area contributed by atoms with Gasteiger partial charge in [0.15, 0.2) is 0 Å². The summed E-state index contributed by atoms with van der Waals surface area (Å²) in [7, 11) is -3.19. The maximum atomic E-state index is 12.4. The molecule has 1 aromatic heterocycles. The Morgan fingerprint density at radius 2 is 1.92 bits per heavy atom. The maximum absolute atomic E-state index is 12.4. The van der Waals surface area contributed by atoms with E-state index in [4.69, 9.17) is 4.74 Å². The molecule has 0 spiro atoms. The van der Waals surface area contributed by atoms with Gasteiger partial charge in [0.25, 0.3) is 10.0 Å². The average molecular weight is 492 g/mol. The molecule has 26 heavy (non-hydrogen) atoms. The second-order valence-corrected chi connectivity index (χ2v) is 7.58. The Labute approximate surface area is 161 Å². The lowest BCUT2D eigenvalue weighted by molar-refractivity contribution is -0.255. The van der Waals surface area contributed by atoms with E-state index in [1.54, 1.807) is 27.3 Å². The number of carboxylic acids is 1. The Kier molecular flexibility index (Phi) is 5.91. The van der Waals surface area contributed by atoms with Crippen LogP contribution in [0, 0.1) is 10.5 Å². The normalized spacial score (nSPS) is 10.9. The van der Waals surface area contributed by atoms with Gasteiger partial charge in [0.1, 0.15) is 5.82 Å². The van der Waals surface area contributed by atoms with E-state index in [-0.39, 0.29) is 17.8 Å². The van der Waals surface area contributed by atoms with Gasteiger partial charge in [-0.05, 0) is 41.6 Å². The lowest BCUT2D eigenvalue weighted by Crippen LogP contribution is -2.36. The first-order valence-corrected chi connectivity index (χ1v) is 9.30. The maximum Gasteiger partial charge on any atom is 0.335 e. The topological polar surface area (TPSA) is 163 Å². The fraction of sp³-hybridized carbons (Fsp3) is 0.154. The van der Waals surface area contributed by atoms with Crippen molar-refractivity contribution in [3.63, 3.8) is 0 Å². The van der Waals surface area contributed by atoms with E-state index in [0.29, 0.717) is 3.57 Å². The summed E-state index contributed by atoms with van der Waals surface area (Å²) >= 11 is 1.80. The molecule has 138 valence electrons. The molecule has 1 heterocycles. The summed E-state index contributed by atoms with van der Waals surface area (Å²) in [5.41, 5.74) is -0.580. The molecule has 0 saturated carbocycles. The zero-order chi connectivity index (χ0) is 19.5. The third-order valence-electron chi connectivity index (χ3n) is 2.81. The molecule has 0 fully saturated rings. The number of carbonyl (C=O) groups excluding carboxylic acids is 2. The molecule has 0 unspecified atom stereocenters. The first kappa shape index (κ1) is 19.8. The number of halogens is 1. The molecule has 2 amide bonds. The summed E-state index contributed by atoms with van der Waals surface area (Å²) in [6, 6.07) is 2.29. The number of carbonyl (C=O) groups is 2. The fourth-order valence-electron chi connectivity index (χ4n) is 1.80. The number of carboxylic acid groups (broad SMARTS) is 1. The van der Waals surface area contributed by atoms with Crippen LogP contribution in [0.5, 0.6) is 6.01 Å². The van der Waals surface area contributed by atoms with E-state index in [9.17, 15) is 23.1 Å². The third kappa shape index (κ3) is 4.75. The van der Waals surface area contributed by atoms with Gasteiger partial charge in [-0.3, -0.25) is 5.32 Å². The zero-order valence-corrected chi connectivity index (χ0v) is 16.3. The molecule has 0 aliphatic carbocycles. The number of aromatic carboxylic acids is 1. The first-order chi connectivity index (χ1) is 12.1. The Hall–Kier alpha value is -2.55. The monoisotopic (exact) mass is 492 g/mol. The minimum absolute atomic E-state index is 0.0764. The Morgan fingerprint density at radius 1 is 1.23 bits per heavy atom. The van der Waals surface area contributed by atoms with Gasteiger partial charge in [0, 0.05) is 9.13 Å². The highest BCUT2D eigenvalue weighted by atomic mass is 127. The molecule has 0 atom stereocenters. The minimum atomic E-state index is -4.49. The van der Waals surface area contributed by atoms with Crippen molar-refractivity contribution in [1.29, 1.82) is 0 Å². The van der Waals surface area contributed by atoms with E-state index >= 15 is 0 Å². The molecule has 2 aromatic rings.